The summed E-state index contributed by atoms with van der Waals surface area (Å²) < 4.78 is 8.76. The molecule has 0 N–H and O–H groups in total. The molecule has 4 nitrogen and oxygen atoms in total. The minimum Gasteiger partial charge on any atom is -0.518 e. The molecule has 0 saturated carbocycles. The van der Waals surface area contributed by atoms with E-state index in [4.69, 9.17) is 14.7 Å². The van der Waals surface area contributed by atoms with E-state index in [0.29, 0.717) is 36.2 Å². The van der Waals surface area contributed by atoms with Gasteiger partial charge in [0.1, 0.15) is 12.5 Å². The van der Waals surface area contributed by atoms with Crippen molar-refractivity contribution in [2.24, 2.45) is 22.7 Å². The second kappa shape index (κ2) is 13.0. The SMILES string of the molecule is Cc1ccc2c(c1)c1ccc(-c3cc(C(C)(C)C)ccn3)[c-]c1n2-c1[c-]c(C2=N[C@](C)(C(C(C)C)C(C)C)CO2)cc(C(C)C)c1.[Pt+2]. The molecule has 3 heterocycles. The van der Waals surface area contributed by atoms with E-state index in [9.17, 15) is 0 Å². The summed E-state index contributed by atoms with van der Waals surface area (Å²) in [5, 5.41) is 2.37. The number of nitrogens with zero attached hydrogens (tertiary/aromatic N) is 3. The molecule has 0 saturated heterocycles. The summed E-state index contributed by atoms with van der Waals surface area (Å²) >= 11 is 0. The van der Waals surface area contributed by atoms with Gasteiger partial charge in [0.2, 0.25) is 0 Å². The third-order valence-electron chi connectivity index (χ3n) is 9.76. The van der Waals surface area contributed by atoms with E-state index in [1.165, 1.54) is 22.1 Å². The van der Waals surface area contributed by atoms with E-state index < -0.39 is 0 Å². The Morgan fingerprint density at radius 3 is 2.23 bits per heavy atom. The third kappa shape index (κ3) is 6.60. The van der Waals surface area contributed by atoms with E-state index >= 15 is 0 Å². The molecule has 1 aliphatic heterocycles. The molecule has 0 amide bonds. The van der Waals surface area contributed by atoms with Crippen LogP contribution >= 0.6 is 0 Å². The molecule has 1 aliphatic rings. The first-order valence-electron chi connectivity index (χ1n) is 16.9. The van der Waals surface area contributed by atoms with Crippen LogP contribution in [0.1, 0.15) is 97.4 Å². The van der Waals surface area contributed by atoms with Crippen molar-refractivity contribution >= 4 is 27.7 Å². The standard InChI is InChI=1S/C42H49N3O.Pt/c1-25(2)30-19-31(40-44-42(11,24-46-40)39(26(3)4)27(5)6)21-33(20-30)45-37-15-12-28(7)18-35(37)34-14-13-29(22-38(34)45)36-23-32(16-17-43-36)41(8,9)10;/h12-20,23,25-27,39H,24H2,1-11H3;/q-2;+2/t42-;/m0./s1. The number of fused-ring (bicyclic) bond motifs is 3. The van der Waals surface area contributed by atoms with Gasteiger partial charge in [-0.3, -0.25) is 4.99 Å². The monoisotopic (exact) mass is 806 g/mol. The van der Waals surface area contributed by atoms with Crippen LogP contribution in [0.5, 0.6) is 0 Å². The van der Waals surface area contributed by atoms with Crippen molar-refractivity contribution in [1.82, 2.24) is 9.55 Å². The normalized spacial score (nSPS) is 16.9. The molecule has 0 bridgehead atoms. The summed E-state index contributed by atoms with van der Waals surface area (Å²) in [6, 6.07) is 27.5. The number of hydrogen-bond acceptors (Lipinski definition) is 3. The molecule has 0 fully saturated rings. The van der Waals surface area contributed by atoms with Crippen molar-refractivity contribution < 1.29 is 25.8 Å². The van der Waals surface area contributed by atoms with E-state index in [-0.39, 0.29) is 32.0 Å². The number of pyridine rings is 1. The quantitative estimate of drug-likeness (QED) is 0.154. The van der Waals surface area contributed by atoms with Crippen molar-refractivity contribution in [1.29, 1.82) is 0 Å². The van der Waals surface area contributed by atoms with Gasteiger partial charge in [0.25, 0.3) is 0 Å². The summed E-state index contributed by atoms with van der Waals surface area (Å²) in [7, 11) is 0. The maximum Gasteiger partial charge on any atom is 2.00 e. The van der Waals surface area contributed by atoms with Gasteiger partial charge in [-0.05, 0) is 82.9 Å². The topological polar surface area (TPSA) is 39.4 Å². The van der Waals surface area contributed by atoms with Crippen LogP contribution in [0.2, 0.25) is 0 Å². The van der Waals surface area contributed by atoms with Gasteiger partial charge in [0, 0.05) is 11.7 Å². The van der Waals surface area contributed by atoms with Crippen LogP contribution < -0.4 is 0 Å². The average Bonchev–Trinajstić information content (AvgIpc) is 3.53. The molecule has 1 atom stereocenters. The number of benzene rings is 3. The fourth-order valence-electron chi connectivity index (χ4n) is 7.67. The van der Waals surface area contributed by atoms with Gasteiger partial charge in [-0.15, -0.1) is 47.5 Å². The summed E-state index contributed by atoms with van der Waals surface area (Å²) in [6.07, 6.45) is 1.91. The van der Waals surface area contributed by atoms with Crippen molar-refractivity contribution in [2.45, 2.75) is 93.0 Å². The second-order valence-electron chi connectivity index (χ2n) is 15.6. The van der Waals surface area contributed by atoms with Crippen molar-refractivity contribution in [3.63, 3.8) is 0 Å². The summed E-state index contributed by atoms with van der Waals surface area (Å²) in [4.78, 5) is 10.1. The fraction of sp³-hybridized carbons (Fsp3) is 0.429. The zero-order chi connectivity index (χ0) is 33.1. The van der Waals surface area contributed by atoms with Gasteiger partial charge >= 0.3 is 21.1 Å². The van der Waals surface area contributed by atoms with Crippen LogP contribution in [0, 0.1) is 36.8 Å². The molecule has 0 aliphatic carbocycles. The van der Waals surface area contributed by atoms with Crippen LogP contribution in [-0.4, -0.2) is 27.6 Å². The number of aliphatic imine (C=N–C) groups is 1. The molecule has 0 radical (unpaired) electrons. The third-order valence-corrected chi connectivity index (χ3v) is 9.76. The number of ether oxygens (including phenoxy) is 1. The Kier molecular flexibility index (Phi) is 9.70. The zero-order valence-corrected chi connectivity index (χ0v) is 32.1. The predicted molar refractivity (Wildman–Crippen MR) is 193 cm³/mol. The molecule has 6 rings (SSSR count). The predicted octanol–water partition coefficient (Wildman–Crippen LogP) is 10.6. The Hall–Kier alpha value is -3.23. The first-order valence-corrected chi connectivity index (χ1v) is 16.9. The van der Waals surface area contributed by atoms with Crippen molar-refractivity contribution in [3.8, 4) is 16.9 Å². The molecule has 248 valence electrons. The maximum absolute atomic E-state index is 6.44. The minimum absolute atomic E-state index is 0. The van der Waals surface area contributed by atoms with Gasteiger partial charge in [-0.2, -0.15) is 0 Å². The molecule has 5 aromatic rings. The van der Waals surface area contributed by atoms with Crippen molar-refractivity contribution in [3.05, 3.63) is 95.2 Å². The number of rotatable bonds is 7. The Morgan fingerprint density at radius 2 is 1.57 bits per heavy atom. The van der Waals surface area contributed by atoms with Crippen molar-refractivity contribution in [2.75, 3.05) is 6.61 Å². The Labute approximate surface area is 296 Å². The molecular weight excluding hydrogens is 758 g/mol. The fourth-order valence-corrected chi connectivity index (χ4v) is 7.67. The number of aromatic nitrogens is 2. The Bertz CT molecular complexity index is 1950. The molecule has 47 heavy (non-hydrogen) atoms. The number of hydrogen-bond donors (Lipinski definition) is 0. The van der Waals surface area contributed by atoms with Gasteiger partial charge in [-0.1, -0.05) is 97.0 Å². The van der Waals surface area contributed by atoms with Crippen LogP contribution in [0.15, 0.2) is 65.8 Å². The van der Waals surface area contributed by atoms with E-state index in [1.54, 1.807) is 0 Å². The number of aryl methyl sites for hydroxylation is 1. The van der Waals surface area contributed by atoms with Crippen LogP contribution in [0.25, 0.3) is 38.8 Å². The van der Waals surface area contributed by atoms with Gasteiger partial charge in [0.05, 0.1) is 5.54 Å². The average molecular weight is 807 g/mol. The first-order chi connectivity index (χ1) is 21.7. The summed E-state index contributed by atoms with van der Waals surface area (Å²) in [5.41, 5.74) is 9.41. The second-order valence-corrected chi connectivity index (χ2v) is 15.6. The Balaban J connectivity index is 0.00000433. The van der Waals surface area contributed by atoms with Crippen LogP contribution in [0.4, 0.5) is 0 Å². The molecule has 0 spiro atoms. The first kappa shape index (κ1) is 35.1. The van der Waals surface area contributed by atoms with Gasteiger partial charge in [-0.25, -0.2) is 0 Å². The van der Waals surface area contributed by atoms with E-state index in [1.807, 2.05) is 6.20 Å². The van der Waals surface area contributed by atoms with Crippen LogP contribution in [0.3, 0.4) is 0 Å². The minimum atomic E-state index is -0.277. The molecule has 5 heteroatoms. The van der Waals surface area contributed by atoms with Gasteiger partial charge < -0.3 is 14.3 Å². The molecule has 2 aromatic heterocycles. The van der Waals surface area contributed by atoms with Crippen LogP contribution in [-0.2, 0) is 31.2 Å². The molecular formula is C42H49N3OPt. The van der Waals surface area contributed by atoms with Gasteiger partial charge in [0.15, 0.2) is 0 Å². The maximum atomic E-state index is 6.44. The molecule has 0 unspecified atom stereocenters. The zero-order valence-electron chi connectivity index (χ0n) is 29.9. The van der Waals surface area contributed by atoms with E-state index in [2.05, 4.69) is 147 Å². The smallest absolute Gasteiger partial charge is 0.518 e. The largest absolute Gasteiger partial charge is 2.00 e. The summed E-state index contributed by atoms with van der Waals surface area (Å²) in [5.74, 6) is 2.43. The van der Waals surface area contributed by atoms with E-state index in [0.717, 1.165) is 38.9 Å². The summed E-state index contributed by atoms with van der Waals surface area (Å²) in [6.45, 7) is 25.4. The Morgan fingerprint density at radius 1 is 0.851 bits per heavy atom. The molecule has 3 aromatic carbocycles.